The molecule has 6 heteroatoms. The lowest BCUT2D eigenvalue weighted by atomic mass is 10.1. The lowest BCUT2D eigenvalue weighted by Crippen LogP contribution is -1.97. The van der Waals surface area contributed by atoms with Gasteiger partial charge >= 0.3 is 0 Å². The Morgan fingerprint density at radius 1 is 1.04 bits per heavy atom. The SMILES string of the molecule is CCc1nnc2sc(-c3ccc(OCc4ccccc4C)cc3)nn12. The number of aryl methyl sites for hydroxylation is 2. The Hall–Kier alpha value is -2.73. The maximum Gasteiger partial charge on any atom is 0.234 e. The quantitative estimate of drug-likeness (QED) is 0.538. The monoisotopic (exact) mass is 350 g/mol. The van der Waals surface area contributed by atoms with E-state index in [1.165, 1.54) is 11.1 Å². The molecule has 2 aromatic carbocycles. The molecule has 4 aromatic rings. The minimum absolute atomic E-state index is 0.572. The summed E-state index contributed by atoms with van der Waals surface area (Å²) in [7, 11) is 0. The van der Waals surface area contributed by atoms with Crippen LogP contribution < -0.4 is 4.74 Å². The van der Waals surface area contributed by atoms with Gasteiger partial charge in [0.25, 0.3) is 0 Å². The Morgan fingerprint density at radius 2 is 1.84 bits per heavy atom. The number of fused-ring (bicyclic) bond motifs is 1. The Balaban J connectivity index is 1.51. The average Bonchev–Trinajstić information content (AvgIpc) is 3.22. The van der Waals surface area contributed by atoms with Crippen molar-refractivity contribution in [2.75, 3.05) is 0 Å². The van der Waals surface area contributed by atoms with Gasteiger partial charge in [-0.1, -0.05) is 42.5 Å². The molecule has 0 fully saturated rings. The van der Waals surface area contributed by atoms with Gasteiger partial charge in [-0.15, -0.1) is 10.2 Å². The van der Waals surface area contributed by atoms with Crippen molar-refractivity contribution in [2.45, 2.75) is 26.9 Å². The third kappa shape index (κ3) is 3.13. The van der Waals surface area contributed by atoms with Crippen molar-refractivity contribution < 1.29 is 4.74 Å². The third-order valence-corrected chi connectivity index (χ3v) is 5.08. The molecule has 0 saturated carbocycles. The molecule has 0 spiro atoms. The van der Waals surface area contributed by atoms with Crippen molar-refractivity contribution >= 4 is 16.3 Å². The highest BCUT2D eigenvalue weighted by molar-refractivity contribution is 7.19. The largest absolute Gasteiger partial charge is 0.489 e. The summed E-state index contributed by atoms with van der Waals surface area (Å²) in [5, 5.41) is 13.8. The second-order valence-corrected chi connectivity index (χ2v) is 6.77. The van der Waals surface area contributed by atoms with Crippen LogP contribution in [-0.2, 0) is 13.0 Å². The topological polar surface area (TPSA) is 52.3 Å². The highest BCUT2D eigenvalue weighted by Crippen LogP contribution is 2.27. The van der Waals surface area contributed by atoms with Gasteiger partial charge in [0.05, 0.1) is 0 Å². The first-order valence-electron chi connectivity index (χ1n) is 8.23. The molecule has 2 heterocycles. The van der Waals surface area contributed by atoms with Crippen LogP contribution in [0.3, 0.4) is 0 Å². The van der Waals surface area contributed by atoms with E-state index >= 15 is 0 Å². The minimum Gasteiger partial charge on any atom is -0.489 e. The summed E-state index contributed by atoms with van der Waals surface area (Å²) in [4.78, 5) is 0.826. The minimum atomic E-state index is 0.572. The van der Waals surface area contributed by atoms with Crippen molar-refractivity contribution in [3.63, 3.8) is 0 Å². The van der Waals surface area contributed by atoms with E-state index in [1.54, 1.807) is 11.3 Å². The third-order valence-electron chi connectivity index (χ3n) is 4.13. The molecule has 0 N–H and O–H groups in total. The van der Waals surface area contributed by atoms with Gasteiger partial charge < -0.3 is 4.74 Å². The molecule has 0 amide bonds. The van der Waals surface area contributed by atoms with E-state index < -0.39 is 0 Å². The Labute approximate surface area is 149 Å². The van der Waals surface area contributed by atoms with Crippen LogP contribution >= 0.6 is 11.3 Å². The van der Waals surface area contributed by atoms with Crippen molar-refractivity contribution in [3.8, 4) is 16.3 Å². The molecular formula is C19H18N4OS. The highest BCUT2D eigenvalue weighted by atomic mass is 32.1. The Kier molecular flexibility index (Phi) is 4.19. The second-order valence-electron chi connectivity index (χ2n) is 5.81. The lowest BCUT2D eigenvalue weighted by Gasteiger charge is -2.08. The molecule has 126 valence electrons. The maximum atomic E-state index is 5.90. The zero-order valence-corrected chi connectivity index (χ0v) is 15.0. The van der Waals surface area contributed by atoms with Crippen LogP contribution in [0.15, 0.2) is 48.5 Å². The molecule has 4 rings (SSSR count). The summed E-state index contributed by atoms with van der Waals surface area (Å²) in [5.41, 5.74) is 3.50. The van der Waals surface area contributed by atoms with Crippen LogP contribution in [0.25, 0.3) is 15.5 Å². The van der Waals surface area contributed by atoms with Crippen LogP contribution in [-0.4, -0.2) is 19.8 Å². The van der Waals surface area contributed by atoms with Crippen molar-refractivity contribution in [1.29, 1.82) is 0 Å². The van der Waals surface area contributed by atoms with Gasteiger partial charge in [0.2, 0.25) is 4.96 Å². The lowest BCUT2D eigenvalue weighted by molar-refractivity contribution is 0.305. The predicted molar refractivity (Wildman–Crippen MR) is 99.0 cm³/mol. The van der Waals surface area contributed by atoms with E-state index in [9.17, 15) is 0 Å². The summed E-state index contributed by atoms with van der Waals surface area (Å²) < 4.78 is 7.72. The number of aromatic nitrogens is 4. The number of hydrogen-bond acceptors (Lipinski definition) is 5. The fraction of sp³-hybridized carbons (Fsp3) is 0.211. The molecule has 0 bridgehead atoms. The van der Waals surface area contributed by atoms with Crippen molar-refractivity contribution in [1.82, 2.24) is 19.8 Å². The molecule has 0 radical (unpaired) electrons. The fourth-order valence-corrected chi connectivity index (χ4v) is 3.49. The van der Waals surface area contributed by atoms with Crippen LogP contribution in [0.4, 0.5) is 0 Å². The number of hydrogen-bond donors (Lipinski definition) is 0. The summed E-state index contributed by atoms with van der Waals surface area (Å²) >= 11 is 1.54. The molecular weight excluding hydrogens is 332 g/mol. The smallest absolute Gasteiger partial charge is 0.234 e. The van der Waals surface area contributed by atoms with Crippen LogP contribution in [0.5, 0.6) is 5.75 Å². The van der Waals surface area contributed by atoms with Gasteiger partial charge in [-0.2, -0.15) is 9.61 Å². The van der Waals surface area contributed by atoms with Gasteiger partial charge in [-0.25, -0.2) is 0 Å². The summed E-state index contributed by atoms with van der Waals surface area (Å²) in [6.45, 7) is 4.72. The summed E-state index contributed by atoms with van der Waals surface area (Å²) in [5.74, 6) is 1.74. The maximum absolute atomic E-state index is 5.90. The van der Waals surface area contributed by atoms with E-state index in [2.05, 4.69) is 41.3 Å². The Morgan fingerprint density at radius 3 is 2.60 bits per heavy atom. The number of nitrogens with zero attached hydrogens (tertiary/aromatic N) is 4. The average molecular weight is 350 g/mol. The first-order chi connectivity index (χ1) is 12.2. The molecule has 5 nitrogen and oxygen atoms in total. The zero-order valence-electron chi connectivity index (χ0n) is 14.1. The van der Waals surface area contributed by atoms with E-state index in [-0.39, 0.29) is 0 Å². The first kappa shape index (κ1) is 15.8. The summed E-state index contributed by atoms with van der Waals surface area (Å²) in [6.07, 6.45) is 0.815. The van der Waals surface area contributed by atoms with Gasteiger partial charge in [-0.05, 0) is 42.3 Å². The first-order valence-corrected chi connectivity index (χ1v) is 9.05. The normalized spacial score (nSPS) is 11.1. The van der Waals surface area contributed by atoms with E-state index in [0.717, 1.165) is 33.5 Å². The molecule has 0 aliphatic carbocycles. The zero-order chi connectivity index (χ0) is 17.2. The molecule has 25 heavy (non-hydrogen) atoms. The summed E-state index contributed by atoms with van der Waals surface area (Å²) in [6, 6.07) is 16.3. The highest BCUT2D eigenvalue weighted by Gasteiger charge is 2.11. The number of benzene rings is 2. The second kappa shape index (κ2) is 6.64. The molecule has 2 aromatic heterocycles. The van der Waals surface area contributed by atoms with Crippen LogP contribution in [0.2, 0.25) is 0 Å². The van der Waals surface area contributed by atoms with Crippen molar-refractivity contribution in [2.24, 2.45) is 0 Å². The van der Waals surface area contributed by atoms with Gasteiger partial charge in [0, 0.05) is 12.0 Å². The molecule has 0 aliphatic rings. The predicted octanol–water partition coefficient (Wildman–Crippen LogP) is 4.30. The van der Waals surface area contributed by atoms with Gasteiger partial charge in [-0.3, -0.25) is 0 Å². The van der Waals surface area contributed by atoms with Crippen molar-refractivity contribution in [3.05, 3.63) is 65.5 Å². The van der Waals surface area contributed by atoms with Gasteiger partial charge in [0.1, 0.15) is 17.4 Å². The van der Waals surface area contributed by atoms with E-state index in [1.807, 2.05) is 40.9 Å². The Bertz CT molecular complexity index is 1000. The molecule has 0 atom stereocenters. The molecule has 0 aliphatic heterocycles. The van der Waals surface area contributed by atoms with Crippen LogP contribution in [0.1, 0.15) is 23.9 Å². The molecule has 0 unspecified atom stereocenters. The number of rotatable bonds is 5. The fourth-order valence-electron chi connectivity index (χ4n) is 2.62. The molecule has 0 saturated heterocycles. The van der Waals surface area contributed by atoms with Crippen LogP contribution in [0, 0.1) is 6.92 Å². The van der Waals surface area contributed by atoms with E-state index in [4.69, 9.17) is 4.74 Å². The standard InChI is InChI=1S/C19H18N4OS/c1-3-17-20-21-19-23(17)22-18(25-19)14-8-10-16(11-9-14)24-12-15-7-5-4-6-13(15)2/h4-11H,3,12H2,1-2H3. The van der Waals surface area contributed by atoms with Gasteiger partial charge in [0.15, 0.2) is 5.82 Å². The number of ether oxygens (including phenoxy) is 1. The van der Waals surface area contributed by atoms with E-state index in [0.29, 0.717) is 6.61 Å².